The Morgan fingerprint density at radius 3 is 2.43 bits per heavy atom. The van der Waals surface area contributed by atoms with Gasteiger partial charge in [0, 0.05) is 24.7 Å². The number of hydrogen-bond acceptors (Lipinski definition) is 4. The molecule has 0 aromatic heterocycles. The summed E-state index contributed by atoms with van der Waals surface area (Å²) in [6.45, 7) is 10.6. The van der Waals surface area contributed by atoms with Crippen molar-refractivity contribution >= 4 is 11.9 Å². The van der Waals surface area contributed by atoms with Gasteiger partial charge in [0.1, 0.15) is 6.10 Å². The van der Waals surface area contributed by atoms with Crippen LogP contribution >= 0.6 is 0 Å². The molecule has 156 valence electrons. The van der Waals surface area contributed by atoms with E-state index in [1.54, 1.807) is 6.92 Å². The fraction of sp³-hybridized carbons (Fsp3) is 0.833. The first-order valence-corrected chi connectivity index (χ1v) is 11.0. The second kappa shape index (κ2) is 6.34. The number of fused-ring (bicyclic) bond motifs is 3. The van der Waals surface area contributed by atoms with Crippen LogP contribution < -0.4 is 0 Å². The topological polar surface area (TPSA) is 52.6 Å². The fourth-order valence-electron chi connectivity index (χ4n) is 7.94. The number of ether oxygens (including phenoxy) is 2. The molecule has 3 saturated carbocycles. The van der Waals surface area contributed by atoms with Gasteiger partial charge in [-0.3, -0.25) is 9.59 Å². The number of rotatable bonds is 3. The van der Waals surface area contributed by atoms with Crippen LogP contribution in [0.4, 0.5) is 0 Å². The molecular weight excluding hydrogens is 352 g/mol. The Balaban J connectivity index is 1.74. The van der Waals surface area contributed by atoms with Crippen LogP contribution in [0.1, 0.15) is 79.6 Å². The molecule has 28 heavy (non-hydrogen) atoms. The van der Waals surface area contributed by atoms with Crippen molar-refractivity contribution in [2.24, 2.45) is 33.5 Å². The summed E-state index contributed by atoms with van der Waals surface area (Å²) < 4.78 is 11.6. The van der Waals surface area contributed by atoms with Crippen molar-refractivity contribution < 1.29 is 19.1 Å². The second-order valence-electron chi connectivity index (χ2n) is 11.0. The van der Waals surface area contributed by atoms with Crippen LogP contribution in [0.5, 0.6) is 0 Å². The molecule has 1 spiro atoms. The summed E-state index contributed by atoms with van der Waals surface area (Å²) in [7, 11) is 0. The molecule has 0 heterocycles. The van der Waals surface area contributed by atoms with Gasteiger partial charge in [-0.2, -0.15) is 0 Å². The molecule has 3 fully saturated rings. The third kappa shape index (κ3) is 2.85. The zero-order valence-corrected chi connectivity index (χ0v) is 18.2. The Labute approximate surface area is 169 Å². The van der Waals surface area contributed by atoms with Crippen molar-refractivity contribution in [3.63, 3.8) is 0 Å². The maximum Gasteiger partial charge on any atom is 0.302 e. The van der Waals surface area contributed by atoms with Crippen LogP contribution in [0, 0.1) is 33.5 Å². The van der Waals surface area contributed by atoms with Crippen LogP contribution in [0.15, 0.2) is 12.2 Å². The minimum absolute atomic E-state index is 0.0242. The van der Waals surface area contributed by atoms with Gasteiger partial charge in [-0.1, -0.05) is 39.3 Å². The number of esters is 2. The Morgan fingerprint density at radius 1 is 1.00 bits per heavy atom. The summed E-state index contributed by atoms with van der Waals surface area (Å²) in [5.74, 6) is 0.537. The maximum absolute atomic E-state index is 12.0. The van der Waals surface area contributed by atoms with Crippen molar-refractivity contribution in [3.05, 3.63) is 12.2 Å². The summed E-state index contributed by atoms with van der Waals surface area (Å²) in [5, 5.41) is 0. The molecule has 0 unspecified atom stereocenters. The highest BCUT2D eigenvalue weighted by atomic mass is 16.5. The molecule has 0 aliphatic heterocycles. The summed E-state index contributed by atoms with van der Waals surface area (Å²) in [4.78, 5) is 23.6. The van der Waals surface area contributed by atoms with Gasteiger partial charge < -0.3 is 9.47 Å². The molecule has 0 radical (unpaired) electrons. The molecule has 2 bridgehead atoms. The summed E-state index contributed by atoms with van der Waals surface area (Å²) >= 11 is 0. The molecule has 4 aliphatic rings. The van der Waals surface area contributed by atoms with Crippen molar-refractivity contribution in [3.8, 4) is 0 Å². The molecular formula is C24H36O4. The van der Waals surface area contributed by atoms with Crippen molar-refractivity contribution in [2.75, 3.05) is 6.61 Å². The largest absolute Gasteiger partial charge is 0.465 e. The maximum atomic E-state index is 12.0. The van der Waals surface area contributed by atoms with Crippen molar-refractivity contribution in [1.29, 1.82) is 0 Å². The predicted molar refractivity (Wildman–Crippen MR) is 107 cm³/mol. The first kappa shape index (κ1) is 20.0. The average Bonchev–Trinajstić information content (AvgIpc) is 2.85. The Hall–Kier alpha value is -1.32. The molecule has 0 amide bonds. The average molecular weight is 389 g/mol. The van der Waals surface area contributed by atoms with E-state index >= 15 is 0 Å². The van der Waals surface area contributed by atoms with Gasteiger partial charge in [-0.15, -0.1) is 0 Å². The van der Waals surface area contributed by atoms with Crippen LogP contribution in [0.3, 0.4) is 0 Å². The number of carbonyl (C=O) groups is 2. The standard InChI is InChI=1S/C24H36O4/c1-16(25)27-15-22(4)8-6-9-23(5)18-7-10-21(3)11-12-24(18,14-21)20(13-19(22)23)28-17(2)26/h11-12,18-20H,6-10,13-15H2,1-5H3/t18-,19+,20-,21+,22+,23-,24+/m0/s1. The zero-order chi connectivity index (χ0) is 20.4. The molecule has 4 rings (SSSR count). The third-order valence-corrected chi connectivity index (χ3v) is 9.02. The lowest BCUT2D eigenvalue weighted by Crippen LogP contribution is -2.63. The van der Waals surface area contributed by atoms with E-state index in [2.05, 4.69) is 32.9 Å². The number of hydrogen-bond donors (Lipinski definition) is 0. The lowest BCUT2D eigenvalue weighted by atomic mass is 9.39. The molecule has 7 atom stereocenters. The monoisotopic (exact) mass is 388 g/mol. The highest BCUT2D eigenvalue weighted by Crippen LogP contribution is 2.72. The minimum atomic E-state index is -0.204. The van der Waals surface area contributed by atoms with E-state index in [4.69, 9.17) is 9.47 Å². The van der Waals surface area contributed by atoms with Gasteiger partial charge in [0.2, 0.25) is 0 Å². The van der Waals surface area contributed by atoms with Gasteiger partial charge in [-0.25, -0.2) is 0 Å². The van der Waals surface area contributed by atoms with Crippen molar-refractivity contribution in [2.45, 2.75) is 85.7 Å². The summed E-state index contributed by atoms with van der Waals surface area (Å²) in [5.41, 5.74) is 0.360. The van der Waals surface area contributed by atoms with Crippen LogP contribution in [0.25, 0.3) is 0 Å². The van der Waals surface area contributed by atoms with Gasteiger partial charge in [0.25, 0.3) is 0 Å². The summed E-state index contributed by atoms with van der Waals surface area (Å²) in [6, 6.07) is 0. The number of allylic oxidation sites excluding steroid dienone is 1. The molecule has 4 heteroatoms. The molecule has 0 saturated heterocycles. The molecule has 0 N–H and O–H groups in total. The van der Waals surface area contributed by atoms with Gasteiger partial charge in [0.05, 0.1) is 6.61 Å². The highest BCUT2D eigenvalue weighted by molar-refractivity contribution is 5.66. The van der Waals surface area contributed by atoms with E-state index in [-0.39, 0.29) is 39.7 Å². The fourth-order valence-corrected chi connectivity index (χ4v) is 7.94. The molecule has 4 nitrogen and oxygen atoms in total. The van der Waals surface area contributed by atoms with E-state index in [9.17, 15) is 9.59 Å². The quantitative estimate of drug-likeness (QED) is 0.501. The lowest BCUT2D eigenvalue weighted by molar-refractivity contribution is -0.214. The van der Waals surface area contributed by atoms with E-state index < -0.39 is 0 Å². The van der Waals surface area contributed by atoms with E-state index in [1.807, 2.05) is 0 Å². The van der Waals surface area contributed by atoms with E-state index in [1.165, 1.54) is 32.6 Å². The first-order chi connectivity index (χ1) is 13.0. The van der Waals surface area contributed by atoms with Gasteiger partial charge >= 0.3 is 11.9 Å². The Morgan fingerprint density at radius 2 is 1.75 bits per heavy atom. The van der Waals surface area contributed by atoms with Crippen LogP contribution in [-0.2, 0) is 19.1 Å². The first-order valence-electron chi connectivity index (χ1n) is 11.0. The molecule has 0 aromatic rings. The van der Waals surface area contributed by atoms with E-state index in [0.717, 1.165) is 19.3 Å². The van der Waals surface area contributed by atoms with Crippen molar-refractivity contribution in [1.82, 2.24) is 0 Å². The smallest absolute Gasteiger partial charge is 0.302 e. The highest BCUT2D eigenvalue weighted by Gasteiger charge is 2.67. The predicted octanol–water partition coefficient (Wildman–Crippen LogP) is 5.06. The lowest BCUT2D eigenvalue weighted by Gasteiger charge is -2.66. The van der Waals surface area contributed by atoms with Gasteiger partial charge in [-0.05, 0) is 61.2 Å². The SMILES string of the molecule is CC(=O)OC[C@@]1(C)CCC[C@]2(C)[C@@H]1C[C@H](OC(C)=O)[C@@]13C=C[C@@](C)(CC[C@@H]21)C3. The van der Waals surface area contributed by atoms with Crippen LogP contribution in [0.2, 0.25) is 0 Å². The number of carbonyl (C=O) groups excluding carboxylic acids is 2. The molecule has 0 aromatic carbocycles. The minimum Gasteiger partial charge on any atom is -0.465 e. The molecule has 4 aliphatic carbocycles. The van der Waals surface area contributed by atoms with Gasteiger partial charge in [0.15, 0.2) is 0 Å². The third-order valence-electron chi connectivity index (χ3n) is 9.02. The normalized spacial score (nSPS) is 49.1. The zero-order valence-electron chi connectivity index (χ0n) is 18.2. The summed E-state index contributed by atoms with van der Waals surface area (Å²) in [6.07, 6.45) is 12.6. The Kier molecular flexibility index (Phi) is 4.52. The van der Waals surface area contributed by atoms with E-state index in [0.29, 0.717) is 18.4 Å². The second-order valence-corrected chi connectivity index (χ2v) is 11.0. The Bertz CT molecular complexity index is 713. The van der Waals surface area contributed by atoms with Crippen LogP contribution in [-0.4, -0.2) is 24.6 Å².